The topological polar surface area (TPSA) is 32.7 Å². The smallest absolute Gasteiger partial charge is 0.267 e. The number of hydrogen-bond donors (Lipinski definition) is 0. The molecule has 1 heterocycles. The second-order valence-electron chi connectivity index (χ2n) is 6.32. The van der Waals surface area contributed by atoms with Crippen molar-refractivity contribution >= 4 is 34.8 Å². The maximum atomic E-state index is 13.2. The van der Waals surface area contributed by atoms with Crippen LogP contribution >= 0.6 is 23.2 Å². The number of hydrogen-bond acceptors (Lipinski definition) is 2. The Morgan fingerprint density at radius 3 is 2.26 bits per heavy atom. The minimum Gasteiger partial charge on any atom is -0.267 e. The van der Waals surface area contributed by atoms with Crippen molar-refractivity contribution in [2.45, 2.75) is 12.5 Å². The van der Waals surface area contributed by atoms with Crippen molar-refractivity contribution < 1.29 is 4.79 Å². The lowest BCUT2D eigenvalue weighted by Crippen LogP contribution is -2.27. The lowest BCUT2D eigenvalue weighted by atomic mass is 9.98. The molecule has 134 valence electrons. The van der Waals surface area contributed by atoms with Crippen molar-refractivity contribution in [3.05, 3.63) is 106 Å². The fraction of sp³-hybridized carbons (Fsp3) is 0.0909. The van der Waals surface area contributed by atoms with Gasteiger partial charge in [-0.05, 0) is 29.3 Å². The molecule has 5 heteroatoms. The van der Waals surface area contributed by atoms with Gasteiger partial charge in [0.2, 0.25) is 0 Å². The molecular weight excluding hydrogens is 379 g/mol. The van der Waals surface area contributed by atoms with E-state index < -0.39 is 0 Å². The summed E-state index contributed by atoms with van der Waals surface area (Å²) in [6.07, 6.45) is 0.644. The molecule has 1 unspecified atom stereocenters. The Morgan fingerprint density at radius 2 is 1.59 bits per heavy atom. The van der Waals surface area contributed by atoms with Gasteiger partial charge in [0.15, 0.2) is 0 Å². The molecule has 0 saturated carbocycles. The van der Waals surface area contributed by atoms with Crippen LogP contribution in [0.15, 0.2) is 84.0 Å². The van der Waals surface area contributed by atoms with Gasteiger partial charge in [-0.1, -0.05) is 83.9 Å². The van der Waals surface area contributed by atoms with Gasteiger partial charge in [0.1, 0.15) is 0 Å². The Bertz CT molecular complexity index is 1000. The summed E-state index contributed by atoms with van der Waals surface area (Å²) in [7, 11) is 0. The first-order valence-corrected chi connectivity index (χ1v) is 9.35. The van der Waals surface area contributed by atoms with Crippen molar-refractivity contribution in [2.75, 3.05) is 0 Å². The maximum Gasteiger partial charge on any atom is 0.276 e. The molecule has 0 aromatic heterocycles. The quantitative estimate of drug-likeness (QED) is 0.537. The van der Waals surface area contributed by atoms with E-state index in [0.717, 1.165) is 16.8 Å². The van der Waals surface area contributed by atoms with Gasteiger partial charge >= 0.3 is 0 Å². The lowest BCUT2D eigenvalue weighted by Gasteiger charge is -2.22. The third-order valence-corrected chi connectivity index (χ3v) is 5.12. The number of benzene rings is 3. The van der Waals surface area contributed by atoms with Gasteiger partial charge < -0.3 is 0 Å². The second kappa shape index (κ2) is 7.55. The van der Waals surface area contributed by atoms with Crippen molar-refractivity contribution in [1.82, 2.24) is 5.01 Å². The van der Waals surface area contributed by atoms with E-state index in [2.05, 4.69) is 5.10 Å². The van der Waals surface area contributed by atoms with E-state index in [0.29, 0.717) is 22.0 Å². The van der Waals surface area contributed by atoms with Crippen LogP contribution in [0, 0.1) is 0 Å². The fourth-order valence-corrected chi connectivity index (χ4v) is 3.71. The van der Waals surface area contributed by atoms with E-state index in [9.17, 15) is 4.79 Å². The van der Waals surface area contributed by atoms with Crippen LogP contribution < -0.4 is 0 Å². The molecule has 0 saturated heterocycles. The van der Waals surface area contributed by atoms with Gasteiger partial charge in [0.25, 0.3) is 5.91 Å². The van der Waals surface area contributed by atoms with Crippen LogP contribution in [0.3, 0.4) is 0 Å². The summed E-state index contributed by atoms with van der Waals surface area (Å²) < 4.78 is 0. The molecule has 1 aliphatic rings. The molecular formula is C22H16Cl2N2O. The summed E-state index contributed by atoms with van der Waals surface area (Å²) in [4.78, 5) is 13.2. The molecule has 1 atom stereocenters. The van der Waals surface area contributed by atoms with Crippen LogP contribution in [0.1, 0.15) is 33.9 Å². The summed E-state index contributed by atoms with van der Waals surface area (Å²) in [6.45, 7) is 0. The number of amides is 1. The molecule has 1 amide bonds. The first kappa shape index (κ1) is 17.8. The zero-order valence-electron chi connectivity index (χ0n) is 14.3. The maximum absolute atomic E-state index is 13.2. The van der Waals surface area contributed by atoms with Crippen LogP contribution in [-0.4, -0.2) is 16.6 Å². The molecule has 27 heavy (non-hydrogen) atoms. The molecule has 0 radical (unpaired) electrons. The van der Waals surface area contributed by atoms with Crippen LogP contribution in [-0.2, 0) is 0 Å². The molecule has 0 bridgehead atoms. The highest BCUT2D eigenvalue weighted by Crippen LogP contribution is 2.35. The zero-order valence-corrected chi connectivity index (χ0v) is 15.9. The molecule has 0 aliphatic carbocycles. The molecule has 3 nitrogen and oxygen atoms in total. The van der Waals surface area contributed by atoms with E-state index >= 15 is 0 Å². The van der Waals surface area contributed by atoms with E-state index in [1.807, 2.05) is 60.7 Å². The number of nitrogens with zero attached hydrogens (tertiary/aromatic N) is 2. The predicted molar refractivity (Wildman–Crippen MR) is 109 cm³/mol. The molecule has 1 aliphatic heterocycles. The molecule has 3 aromatic carbocycles. The summed E-state index contributed by atoms with van der Waals surface area (Å²) in [5.41, 5.74) is 3.31. The predicted octanol–water partition coefficient (Wildman–Crippen LogP) is 5.98. The van der Waals surface area contributed by atoms with Gasteiger partial charge in [0, 0.05) is 11.4 Å². The third kappa shape index (κ3) is 3.61. The number of carbonyl (C=O) groups excluding carboxylic acids is 1. The first-order chi connectivity index (χ1) is 13.1. The number of halogens is 2. The molecule has 0 fully saturated rings. The molecule has 3 aromatic rings. The Hall–Kier alpha value is -2.62. The van der Waals surface area contributed by atoms with Gasteiger partial charge in [-0.15, -0.1) is 0 Å². The van der Waals surface area contributed by atoms with Crippen LogP contribution in [0.25, 0.3) is 0 Å². The Labute approximate surface area is 167 Å². The monoisotopic (exact) mass is 394 g/mol. The fourth-order valence-electron chi connectivity index (χ4n) is 3.22. The molecule has 4 rings (SSSR count). The minimum atomic E-state index is -0.239. The second-order valence-corrected chi connectivity index (χ2v) is 7.16. The standard InChI is InChI=1S/C22H16Cl2N2O/c23-17-11-12-18(19(24)13-17)22(27)26-21(16-9-5-2-6-10-16)14-20(25-26)15-7-3-1-4-8-15/h1-13,21H,14H2. The zero-order chi connectivity index (χ0) is 18.8. The van der Waals surface area contributed by atoms with Crippen molar-refractivity contribution in [3.63, 3.8) is 0 Å². The van der Waals surface area contributed by atoms with Gasteiger partial charge in [-0.3, -0.25) is 4.79 Å². The van der Waals surface area contributed by atoms with Gasteiger partial charge in [-0.2, -0.15) is 5.10 Å². The normalized spacial score (nSPS) is 16.3. The molecule has 0 N–H and O–H groups in total. The highest BCUT2D eigenvalue weighted by atomic mass is 35.5. The number of carbonyl (C=O) groups is 1. The van der Waals surface area contributed by atoms with Crippen molar-refractivity contribution in [1.29, 1.82) is 0 Å². The van der Waals surface area contributed by atoms with E-state index in [-0.39, 0.29) is 11.9 Å². The highest BCUT2D eigenvalue weighted by molar-refractivity contribution is 6.36. The average Bonchev–Trinajstić information content (AvgIpc) is 3.14. The summed E-state index contributed by atoms with van der Waals surface area (Å²) in [5.74, 6) is -0.239. The Balaban J connectivity index is 1.75. The summed E-state index contributed by atoms with van der Waals surface area (Å²) >= 11 is 12.2. The Morgan fingerprint density at radius 1 is 0.926 bits per heavy atom. The van der Waals surface area contributed by atoms with Crippen LogP contribution in [0.5, 0.6) is 0 Å². The number of hydrazone groups is 1. The average molecular weight is 395 g/mol. The first-order valence-electron chi connectivity index (χ1n) is 8.60. The van der Waals surface area contributed by atoms with Crippen LogP contribution in [0.4, 0.5) is 0 Å². The largest absolute Gasteiger partial charge is 0.276 e. The lowest BCUT2D eigenvalue weighted by molar-refractivity contribution is 0.0711. The number of rotatable bonds is 3. The van der Waals surface area contributed by atoms with E-state index in [1.54, 1.807) is 18.2 Å². The minimum absolute atomic E-state index is 0.180. The Kier molecular flexibility index (Phi) is 4.97. The summed E-state index contributed by atoms with van der Waals surface area (Å²) in [6, 6.07) is 24.5. The van der Waals surface area contributed by atoms with Gasteiger partial charge in [0.05, 0.1) is 22.3 Å². The van der Waals surface area contributed by atoms with Gasteiger partial charge in [-0.25, -0.2) is 5.01 Å². The van der Waals surface area contributed by atoms with E-state index in [1.165, 1.54) is 5.01 Å². The van der Waals surface area contributed by atoms with Crippen LogP contribution in [0.2, 0.25) is 10.0 Å². The molecule has 0 spiro atoms. The van der Waals surface area contributed by atoms with Crippen molar-refractivity contribution in [2.24, 2.45) is 5.10 Å². The third-order valence-electron chi connectivity index (χ3n) is 4.57. The van der Waals surface area contributed by atoms with E-state index in [4.69, 9.17) is 23.2 Å². The summed E-state index contributed by atoms with van der Waals surface area (Å²) in [5, 5.41) is 7.01. The van der Waals surface area contributed by atoms with Crippen molar-refractivity contribution in [3.8, 4) is 0 Å². The SMILES string of the molecule is O=C(c1ccc(Cl)cc1Cl)N1N=C(c2ccccc2)CC1c1ccccc1. The highest BCUT2D eigenvalue weighted by Gasteiger charge is 2.34.